The van der Waals surface area contributed by atoms with Crippen LogP contribution in [0.3, 0.4) is 0 Å². The fourth-order valence-electron chi connectivity index (χ4n) is 1.19. The van der Waals surface area contributed by atoms with Gasteiger partial charge in [-0.25, -0.2) is 4.39 Å². The zero-order valence-corrected chi connectivity index (χ0v) is 12.4. The van der Waals surface area contributed by atoms with Crippen molar-refractivity contribution in [3.8, 4) is 0 Å². The lowest BCUT2D eigenvalue weighted by Gasteiger charge is -2.38. The molecule has 100 valence electrons. The maximum Gasteiger partial charge on any atom is 0.251 e. The van der Waals surface area contributed by atoms with E-state index in [0.717, 1.165) is 6.07 Å². The molecule has 0 bridgehead atoms. The van der Waals surface area contributed by atoms with Gasteiger partial charge in [-0.2, -0.15) is 0 Å². The number of hydrogen-bond donors (Lipinski definition) is 2. The summed E-state index contributed by atoms with van der Waals surface area (Å²) in [6.07, 6.45) is 0. The van der Waals surface area contributed by atoms with E-state index in [1.54, 1.807) is 27.7 Å². The highest BCUT2D eigenvalue weighted by Crippen LogP contribution is 2.22. The Labute approximate surface area is 115 Å². The number of benzene rings is 1. The number of hydrogen-bond acceptors (Lipinski definition) is 2. The summed E-state index contributed by atoms with van der Waals surface area (Å²) < 4.78 is 13.7. The minimum atomic E-state index is -1.09. The number of rotatable bonds is 3. The number of nitrogens with one attached hydrogen (secondary N) is 1. The van der Waals surface area contributed by atoms with Gasteiger partial charge in [0.1, 0.15) is 5.82 Å². The summed E-state index contributed by atoms with van der Waals surface area (Å²) in [5.74, 6) is -0.919. The van der Waals surface area contributed by atoms with Gasteiger partial charge >= 0.3 is 0 Å². The van der Waals surface area contributed by atoms with Crippen LogP contribution < -0.4 is 5.32 Å². The van der Waals surface area contributed by atoms with Crippen molar-refractivity contribution in [1.82, 2.24) is 5.32 Å². The fourth-order valence-corrected chi connectivity index (χ4v) is 1.66. The van der Waals surface area contributed by atoms with Gasteiger partial charge in [-0.15, -0.1) is 0 Å². The third-order valence-corrected chi connectivity index (χ3v) is 3.54. The van der Waals surface area contributed by atoms with E-state index in [1.165, 1.54) is 12.1 Å². The molecule has 0 aliphatic rings. The molecule has 0 atom stereocenters. The standard InChI is InChI=1S/C13H17BrFNO2/c1-12(2,13(3,4)18)16-11(17)8-5-9(14)7-10(15)6-8/h5-7,18H,1-4H3,(H,16,17). The third-order valence-electron chi connectivity index (χ3n) is 3.08. The summed E-state index contributed by atoms with van der Waals surface area (Å²) >= 11 is 3.13. The maximum absolute atomic E-state index is 13.2. The summed E-state index contributed by atoms with van der Waals surface area (Å²) in [7, 11) is 0. The number of carbonyl (C=O) groups is 1. The van der Waals surface area contributed by atoms with Crippen LogP contribution in [0.25, 0.3) is 0 Å². The summed E-state index contributed by atoms with van der Waals surface area (Å²) in [6.45, 7) is 6.63. The molecule has 1 rings (SSSR count). The van der Waals surface area contributed by atoms with Crippen LogP contribution in [0.4, 0.5) is 4.39 Å². The summed E-state index contributed by atoms with van der Waals surface area (Å²) in [5.41, 5.74) is -1.71. The highest BCUT2D eigenvalue weighted by molar-refractivity contribution is 9.10. The molecule has 0 unspecified atom stereocenters. The van der Waals surface area contributed by atoms with E-state index in [2.05, 4.69) is 21.2 Å². The van der Waals surface area contributed by atoms with Crippen molar-refractivity contribution < 1.29 is 14.3 Å². The van der Waals surface area contributed by atoms with E-state index in [0.29, 0.717) is 4.47 Å². The quantitative estimate of drug-likeness (QED) is 0.900. The lowest BCUT2D eigenvalue weighted by Crippen LogP contribution is -2.57. The number of amides is 1. The van der Waals surface area contributed by atoms with E-state index in [9.17, 15) is 14.3 Å². The average Bonchev–Trinajstić information content (AvgIpc) is 2.13. The van der Waals surface area contributed by atoms with Crippen molar-refractivity contribution in [2.75, 3.05) is 0 Å². The van der Waals surface area contributed by atoms with Crippen LogP contribution in [-0.4, -0.2) is 22.2 Å². The zero-order chi connectivity index (χ0) is 14.1. The number of halogens is 2. The highest BCUT2D eigenvalue weighted by Gasteiger charge is 2.36. The van der Waals surface area contributed by atoms with Crippen LogP contribution in [0, 0.1) is 5.82 Å². The molecule has 0 aliphatic carbocycles. The molecule has 18 heavy (non-hydrogen) atoms. The first-order valence-corrected chi connectivity index (χ1v) is 6.33. The zero-order valence-electron chi connectivity index (χ0n) is 10.8. The Kier molecular flexibility index (Phi) is 4.18. The Bertz CT molecular complexity index is 446. The van der Waals surface area contributed by atoms with E-state index in [-0.39, 0.29) is 5.56 Å². The van der Waals surface area contributed by atoms with Crippen molar-refractivity contribution >= 4 is 21.8 Å². The second-order valence-electron chi connectivity index (χ2n) is 5.30. The van der Waals surface area contributed by atoms with Gasteiger partial charge in [-0.1, -0.05) is 15.9 Å². The van der Waals surface area contributed by atoms with Crippen molar-refractivity contribution in [3.05, 3.63) is 34.1 Å². The molecule has 5 heteroatoms. The van der Waals surface area contributed by atoms with Gasteiger partial charge in [0.25, 0.3) is 5.91 Å². The largest absolute Gasteiger partial charge is 0.388 e. The molecule has 0 radical (unpaired) electrons. The minimum Gasteiger partial charge on any atom is -0.388 e. The first-order chi connectivity index (χ1) is 8.03. The molecule has 0 spiro atoms. The summed E-state index contributed by atoms with van der Waals surface area (Å²) in [4.78, 5) is 12.0. The van der Waals surface area contributed by atoms with Gasteiger partial charge in [0.15, 0.2) is 0 Å². The van der Waals surface area contributed by atoms with Gasteiger partial charge < -0.3 is 10.4 Å². The van der Waals surface area contributed by atoms with Crippen LogP contribution in [-0.2, 0) is 0 Å². The fraction of sp³-hybridized carbons (Fsp3) is 0.462. The molecule has 0 heterocycles. The molecule has 3 nitrogen and oxygen atoms in total. The molecule has 0 fully saturated rings. The number of carbonyl (C=O) groups excluding carboxylic acids is 1. The first kappa shape index (κ1) is 15.1. The molecule has 0 saturated heterocycles. The monoisotopic (exact) mass is 317 g/mol. The van der Waals surface area contributed by atoms with Crippen molar-refractivity contribution in [1.29, 1.82) is 0 Å². The topological polar surface area (TPSA) is 49.3 Å². The lowest BCUT2D eigenvalue weighted by molar-refractivity contribution is -0.00293. The molecule has 0 aromatic heterocycles. The Morgan fingerprint density at radius 2 is 1.83 bits per heavy atom. The molecule has 0 saturated carbocycles. The Morgan fingerprint density at radius 3 is 2.28 bits per heavy atom. The second-order valence-corrected chi connectivity index (χ2v) is 6.21. The van der Waals surface area contributed by atoms with E-state index in [4.69, 9.17) is 0 Å². The SMILES string of the molecule is CC(C)(O)C(C)(C)NC(=O)c1cc(F)cc(Br)c1. The van der Waals surface area contributed by atoms with Crippen molar-refractivity contribution in [2.45, 2.75) is 38.8 Å². The van der Waals surface area contributed by atoms with Crippen LogP contribution in [0.2, 0.25) is 0 Å². The van der Waals surface area contributed by atoms with Crippen LogP contribution in [0.15, 0.2) is 22.7 Å². The molecule has 1 aromatic carbocycles. The van der Waals surface area contributed by atoms with Crippen LogP contribution in [0.5, 0.6) is 0 Å². The molecule has 1 amide bonds. The van der Waals surface area contributed by atoms with E-state index < -0.39 is 22.9 Å². The smallest absolute Gasteiger partial charge is 0.251 e. The van der Waals surface area contributed by atoms with E-state index in [1.807, 2.05) is 0 Å². The Hall–Kier alpha value is -0.940. The normalized spacial score (nSPS) is 12.4. The number of aliphatic hydroxyl groups is 1. The second kappa shape index (κ2) is 4.97. The predicted molar refractivity (Wildman–Crippen MR) is 71.9 cm³/mol. The van der Waals surface area contributed by atoms with E-state index >= 15 is 0 Å². The third kappa shape index (κ3) is 3.53. The molecular formula is C13H17BrFNO2. The Balaban J connectivity index is 2.96. The average molecular weight is 318 g/mol. The van der Waals surface area contributed by atoms with Crippen LogP contribution in [0.1, 0.15) is 38.1 Å². The molecule has 1 aromatic rings. The van der Waals surface area contributed by atoms with Crippen molar-refractivity contribution in [3.63, 3.8) is 0 Å². The first-order valence-electron chi connectivity index (χ1n) is 5.54. The molecule has 2 N–H and O–H groups in total. The maximum atomic E-state index is 13.2. The highest BCUT2D eigenvalue weighted by atomic mass is 79.9. The Morgan fingerprint density at radius 1 is 1.28 bits per heavy atom. The van der Waals surface area contributed by atoms with Crippen molar-refractivity contribution in [2.24, 2.45) is 0 Å². The molecular weight excluding hydrogens is 301 g/mol. The van der Waals surface area contributed by atoms with Gasteiger partial charge in [-0.05, 0) is 45.9 Å². The van der Waals surface area contributed by atoms with Gasteiger partial charge in [0, 0.05) is 10.0 Å². The lowest BCUT2D eigenvalue weighted by atomic mass is 9.86. The van der Waals surface area contributed by atoms with Gasteiger partial charge in [0.05, 0.1) is 11.1 Å². The predicted octanol–water partition coefficient (Wildman–Crippen LogP) is 2.87. The van der Waals surface area contributed by atoms with Gasteiger partial charge in [0.2, 0.25) is 0 Å². The summed E-state index contributed by atoms with van der Waals surface area (Å²) in [6, 6.07) is 3.96. The molecule has 0 aliphatic heterocycles. The minimum absolute atomic E-state index is 0.208. The van der Waals surface area contributed by atoms with Gasteiger partial charge in [-0.3, -0.25) is 4.79 Å². The summed E-state index contributed by atoms with van der Waals surface area (Å²) in [5, 5.41) is 12.6. The van der Waals surface area contributed by atoms with Crippen LogP contribution >= 0.6 is 15.9 Å².